The molecule has 0 fully saturated rings. The highest BCUT2D eigenvalue weighted by Crippen LogP contribution is 1.94. The highest BCUT2D eigenvalue weighted by molar-refractivity contribution is 7.79. The van der Waals surface area contributed by atoms with Gasteiger partial charge in [-0.05, 0) is 27.7 Å². The van der Waals surface area contributed by atoms with E-state index in [1.165, 1.54) is 21.0 Å². The number of nitriles is 1. The second kappa shape index (κ2) is 28.9. The first-order valence-corrected chi connectivity index (χ1v) is 9.49. The zero-order chi connectivity index (χ0) is 27.0. The molecule has 0 aliphatic carbocycles. The van der Waals surface area contributed by atoms with Crippen molar-refractivity contribution in [2.24, 2.45) is 0 Å². The molecule has 0 heterocycles. The summed E-state index contributed by atoms with van der Waals surface area (Å²) in [5.74, 6) is -0.532. The van der Waals surface area contributed by atoms with Crippen LogP contribution in [0.5, 0.6) is 0 Å². The van der Waals surface area contributed by atoms with Gasteiger partial charge in [0.1, 0.15) is 5.60 Å². The van der Waals surface area contributed by atoms with Crippen molar-refractivity contribution < 1.29 is 67.6 Å². The largest absolute Gasteiger partial charge is 0.750 e. The van der Waals surface area contributed by atoms with Gasteiger partial charge in [-0.25, -0.2) is 13.8 Å². The van der Waals surface area contributed by atoms with Crippen LogP contribution in [-0.4, -0.2) is 68.2 Å². The minimum Gasteiger partial charge on any atom is -0.750 e. The lowest BCUT2D eigenvalue weighted by molar-refractivity contribution is -0.635. The van der Waals surface area contributed by atoms with Gasteiger partial charge in [0.05, 0.1) is 24.5 Å². The number of quaternary nitrogens is 1. The number of hydrogen-bond acceptors (Lipinski definition) is 12. The number of ether oxygens (including phenoxy) is 1. The molecule has 0 aliphatic rings. The Kier molecular flexibility index (Phi) is 43.0. The van der Waals surface area contributed by atoms with E-state index in [0.717, 1.165) is 7.11 Å². The average Bonchev–Trinajstić information content (AvgIpc) is 2.62. The maximum absolute atomic E-state index is 10.2. The molecule has 196 valence electrons. The molecule has 1 unspecified atom stereocenters. The van der Waals surface area contributed by atoms with Gasteiger partial charge in [-0.1, -0.05) is 20.6 Å². The molecule has 15 nitrogen and oxygen atoms in total. The molecule has 0 bridgehead atoms. The molecule has 0 rings (SSSR count). The Morgan fingerprint density at radius 2 is 1.38 bits per heavy atom. The number of carbonyl (C=O) groups excluding carboxylic acids is 2. The van der Waals surface area contributed by atoms with Gasteiger partial charge in [-0.15, -0.1) is 0 Å². The van der Waals surface area contributed by atoms with Gasteiger partial charge in [0.25, 0.3) is 0 Å². The number of rotatable bonds is 3. The van der Waals surface area contributed by atoms with Crippen LogP contribution < -0.4 is 11.0 Å². The number of esters is 1. The molecule has 0 aromatic rings. The summed E-state index contributed by atoms with van der Waals surface area (Å²) in [6.07, 6.45) is 0. The molecule has 1 atom stereocenters. The molecule has 0 aromatic heterocycles. The molecule has 0 saturated heterocycles. The van der Waals surface area contributed by atoms with Crippen molar-refractivity contribution in [3.05, 3.63) is 24.3 Å². The highest BCUT2D eigenvalue weighted by Gasteiger charge is 2.07. The second-order valence-corrected chi connectivity index (χ2v) is 6.31. The van der Waals surface area contributed by atoms with Crippen LogP contribution in [0.25, 0.3) is 0 Å². The van der Waals surface area contributed by atoms with Crippen molar-refractivity contribution in [1.82, 2.24) is 0 Å². The van der Waals surface area contributed by atoms with E-state index >= 15 is 0 Å². The average molecular weight is 517 g/mol. The van der Waals surface area contributed by atoms with E-state index < -0.39 is 27.4 Å². The minimum atomic E-state index is -4.67. The Balaban J connectivity index is -0.0000000383. The van der Waals surface area contributed by atoms with E-state index in [-0.39, 0.29) is 20.7 Å². The number of methoxy groups -OCH3 is 1. The normalized spacial score (nSPS) is 9.38. The summed E-state index contributed by atoms with van der Waals surface area (Å²) in [5.41, 5.74) is 2.89. The predicted molar refractivity (Wildman–Crippen MR) is 113 cm³/mol. The van der Waals surface area contributed by atoms with Crippen molar-refractivity contribution >= 4 is 33.6 Å². The number of carbonyl (C=O) groups is 2. The smallest absolute Gasteiger partial charge is 0.394 e. The lowest BCUT2D eigenvalue weighted by atomic mass is 10.2. The number of hydrogen-bond donors (Lipinski definition) is 5. The zero-order valence-corrected chi connectivity index (χ0v) is 19.5. The number of nitrogens with zero attached hydrogens (tertiary/aromatic N) is 1. The van der Waals surface area contributed by atoms with Crippen LogP contribution >= 0.6 is 0 Å². The third-order valence-corrected chi connectivity index (χ3v) is 1.45. The lowest BCUT2D eigenvalue weighted by Crippen LogP contribution is -2.57. The van der Waals surface area contributed by atoms with E-state index in [1.54, 1.807) is 19.9 Å². The third-order valence-electron chi connectivity index (χ3n) is 1.34. The van der Waals surface area contributed by atoms with Crippen LogP contribution in [-0.2, 0) is 40.4 Å². The summed E-state index contributed by atoms with van der Waals surface area (Å²) >= 11 is -2.88. The summed E-state index contributed by atoms with van der Waals surface area (Å²) in [6.45, 7) is 12.8. The van der Waals surface area contributed by atoms with Crippen molar-refractivity contribution in [3.8, 4) is 6.07 Å². The van der Waals surface area contributed by atoms with E-state index in [9.17, 15) is 9.59 Å². The fourth-order valence-electron chi connectivity index (χ4n) is 0.174. The molecular weight excluding hydrogens is 480 g/mol. The van der Waals surface area contributed by atoms with Crippen LogP contribution in [0.4, 0.5) is 0 Å². The quantitative estimate of drug-likeness (QED) is 0.0529. The third kappa shape index (κ3) is 121. The molecule has 0 radical (unpaired) electrons. The summed E-state index contributed by atoms with van der Waals surface area (Å²) in [5, 5.41) is 31.9. The Hall–Kier alpha value is -2.11. The first-order chi connectivity index (χ1) is 13.7. The number of amides is 1. The topological polar surface area (TPSA) is 282 Å². The van der Waals surface area contributed by atoms with Gasteiger partial charge >= 0.3 is 22.3 Å². The van der Waals surface area contributed by atoms with Crippen LogP contribution in [0.1, 0.15) is 36.5 Å². The van der Waals surface area contributed by atoms with Crippen molar-refractivity contribution in [2.75, 3.05) is 14.2 Å². The molecule has 0 saturated carbocycles. The first kappa shape index (κ1) is 47.6. The fraction of sp³-hybridized carbons (Fsp3) is 0.533. The van der Waals surface area contributed by atoms with Crippen LogP contribution in [0.3, 0.4) is 0 Å². The van der Waals surface area contributed by atoms with Gasteiger partial charge in [-0.2, -0.15) is 13.7 Å². The molecular formula is C15H35N2O13S2-. The van der Waals surface area contributed by atoms with Crippen LogP contribution in [0.2, 0.25) is 0 Å². The molecule has 17 heteroatoms. The molecule has 1 amide bonds. The lowest BCUT2D eigenvalue weighted by Gasteiger charge is -2.05. The summed E-state index contributed by atoms with van der Waals surface area (Å²) in [7, 11) is -2.34. The molecule has 0 aliphatic heterocycles. The van der Waals surface area contributed by atoms with E-state index in [1.807, 2.05) is 0 Å². The van der Waals surface area contributed by atoms with Crippen molar-refractivity contribution in [1.29, 1.82) is 5.26 Å². The Morgan fingerprint density at radius 3 is 1.38 bits per heavy atom. The van der Waals surface area contributed by atoms with Gasteiger partial charge in [-0.3, -0.25) is 14.8 Å². The summed E-state index contributed by atoms with van der Waals surface area (Å²) in [6, 6.07) is 1.66. The molecule has 0 aromatic carbocycles. The molecule has 0 spiro atoms. The Morgan fingerprint density at radius 1 is 1.19 bits per heavy atom. The number of aliphatic hydroxyl groups is 2. The summed E-state index contributed by atoms with van der Waals surface area (Å²) in [4.78, 5) is 20.1. The zero-order valence-electron chi connectivity index (χ0n) is 17.8. The maximum Gasteiger partial charge on any atom is 0.394 e. The second-order valence-electron chi connectivity index (χ2n) is 4.87. The van der Waals surface area contributed by atoms with Crippen molar-refractivity contribution in [2.45, 2.75) is 40.7 Å². The van der Waals surface area contributed by atoms with Gasteiger partial charge in [0.2, 0.25) is 0 Å². The van der Waals surface area contributed by atoms with E-state index in [4.69, 9.17) is 47.0 Å². The Bertz CT molecular complexity index is 665. The standard InChI is InChI=1S/C5H8O2.2C4H7NO.CH4O.CH4.2H2O4S.H2/c1-4(2)5(6)7-3;1-4(2,6)3-5;1-3(2)4(5)6;1-2;;1-5(2,3)4;1-4-5(2)3;/h1H2,2-3H3;6H,1-2H3;1H2,2H3,(H2,5,6);2H,1H3;1H4;(H2,1,2,3,4);1H,(H,2,3);1H/p-1/i;;;;;;;1+1. The van der Waals surface area contributed by atoms with E-state index in [2.05, 4.69) is 28.0 Å². The van der Waals surface area contributed by atoms with Gasteiger partial charge < -0.3 is 29.1 Å². The van der Waals surface area contributed by atoms with Gasteiger partial charge in [0.15, 0.2) is 0 Å². The first-order valence-electron chi connectivity index (χ1n) is 7.09. The van der Waals surface area contributed by atoms with E-state index in [0.29, 0.717) is 11.1 Å². The fourth-order valence-corrected chi connectivity index (χ4v) is 0.174. The highest BCUT2D eigenvalue weighted by atomic mass is 32.3. The summed E-state index contributed by atoms with van der Waals surface area (Å²) < 4.78 is 55.9. The van der Waals surface area contributed by atoms with Crippen molar-refractivity contribution in [3.63, 3.8) is 0 Å². The molecule has 7 N–H and O–H groups in total. The van der Waals surface area contributed by atoms with Crippen LogP contribution in [0, 0.1) is 11.3 Å². The van der Waals surface area contributed by atoms with Gasteiger partial charge in [0, 0.05) is 19.7 Å². The monoisotopic (exact) mass is 516 g/mol. The minimum absolute atomic E-state index is 0. The number of aliphatic hydroxyl groups excluding tert-OH is 1. The Labute approximate surface area is 192 Å². The maximum atomic E-state index is 10.2. The predicted octanol–water partition coefficient (Wildman–Crippen LogP) is -1.74. The molecule has 32 heavy (non-hydrogen) atoms. The SMILES string of the molecule is C.C=C(C)C(=O)OC.C=C(C)C([NH3+])=O.CC(C)(O)C#N.CO.O=S(=O)(O)O.O=S([O-])O[O-].[2HH]. The van der Waals surface area contributed by atoms with Crippen LogP contribution in [0.15, 0.2) is 24.3 Å².